The molecule has 0 aromatic rings. The molecule has 110 valence electrons. The van der Waals surface area contributed by atoms with Crippen molar-refractivity contribution in [2.75, 3.05) is 24.7 Å². The molecule has 0 aliphatic carbocycles. The van der Waals surface area contributed by atoms with E-state index in [1.165, 1.54) is 42.8 Å². The van der Waals surface area contributed by atoms with Crippen molar-refractivity contribution < 1.29 is 4.74 Å². The average molecular weight is 302 g/mol. The molecule has 1 N–H and O–H groups in total. The second-order valence-electron chi connectivity index (χ2n) is 5.25. The lowest BCUT2D eigenvalue weighted by Gasteiger charge is -2.38. The molecule has 1 fully saturated rings. The third kappa shape index (κ3) is 4.33. The minimum atomic E-state index is 0.517. The van der Waals surface area contributed by atoms with Gasteiger partial charge in [-0.15, -0.1) is 0 Å². The predicted molar refractivity (Wildman–Crippen MR) is 88.1 cm³/mol. The molecule has 0 radical (unpaired) electrons. The summed E-state index contributed by atoms with van der Waals surface area (Å²) in [5.74, 6) is 2.61. The molecule has 2 aliphatic rings. The maximum atomic E-state index is 5.58. The van der Waals surface area contributed by atoms with Crippen LogP contribution in [0.2, 0.25) is 0 Å². The minimum Gasteiger partial charge on any atom is -0.501 e. The monoisotopic (exact) mass is 301 g/mol. The molecule has 2 nitrogen and oxygen atoms in total. The van der Waals surface area contributed by atoms with Gasteiger partial charge in [0.1, 0.15) is 0 Å². The van der Waals surface area contributed by atoms with Crippen LogP contribution in [-0.2, 0) is 4.74 Å². The van der Waals surface area contributed by atoms with E-state index in [4.69, 9.17) is 4.74 Å². The van der Waals surface area contributed by atoms with Crippen LogP contribution in [0, 0.1) is 0 Å². The normalized spacial score (nSPS) is 29.5. The molecular formula is C15H27NOS2. The topological polar surface area (TPSA) is 21.3 Å². The highest BCUT2D eigenvalue weighted by Crippen LogP contribution is 2.38. The number of hydrogen-bond acceptors (Lipinski definition) is 4. The maximum Gasteiger partial charge on any atom is 0.0876 e. The number of rotatable bonds is 6. The van der Waals surface area contributed by atoms with Gasteiger partial charge in [0, 0.05) is 28.0 Å². The summed E-state index contributed by atoms with van der Waals surface area (Å²) < 4.78 is 5.58. The lowest BCUT2D eigenvalue weighted by atomic mass is 9.96. The van der Waals surface area contributed by atoms with Crippen molar-refractivity contribution in [2.24, 2.45) is 0 Å². The fraction of sp³-hybridized carbons (Fsp3) is 0.867. The van der Waals surface area contributed by atoms with E-state index >= 15 is 0 Å². The summed E-state index contributed by atoms with van der Waals surface area (Å²) >= 11 is 4.34. The van der Waals surface area contributed by atoms with Gasteiger partial charge in [0.2, 0.25) is 0 Å². The Kier molecular flexibility index (Phi) is 6.96. The summed E-state index contributed by atoms with van der Waals surface area (Å²) in [6.45, 7) is 6.59. The van der Waals surface area contributed by atoms with E-state index in [1.807, 2.05) is 6.26 Å². The van der Waals surface area contributed by atoms with E-state index < -0.39 is 0 Å². The molecule has 0 aromatic carbocycles. The van der Waals surface area contributed by atoms with Crippen LogP contribution in [-0.4, -0.2) is 41.2 Å². The van der Waals surface area contributed by atoms with Crippen LogP contribution in [0.5, 0.6) is 0 Å². The molecule has 3 atom stereocenters. The van der Waals surface area contributed by atoms with E-state index in [1.54, 1.807) is 0 Å². The van der Waals surface area contributed by atoms with Crippen LogP contribution in [0.15, 0.2) is 11.8 Å². The van der Waals surface area contributed by atoms with Crippen molar-refractivity contribution in [1.29, 1.82) is 0 Å². The first-order valence-corrected chi connectivity index (χ1v) is 9.73. The van der Waals surface area contributed by atoms with Crippen molar-refractivity contribution >= 4 is 23.5 Å². The summed E-state index contributed by atoms with van der Waals surface area (Å²) in [5, 5.41) is 5.29. The first-order chi connectivity index (χ1) is 9.36. The minimum absolute atomic E-state index is 0.517. The SMILES string of the molecule is CCCNC(C1=COCCC1)C1SCCSC1CC. The van der Waals surface area contributed by atoms with Crippen molar-refractivity contribution in [2.45, 2.75) is 56.1 Å². The fourth-order valence-electron chi connectivity index (χ4n) is 2.82. The largest absolute Gasteiger partial charge is 0.501 e. The highest BCUT2D eigenvalue weighted by molar-refractivity contribution is 8.07. The lowest BCUT2D eigenvalue weighted by Crippen LogP contribution is -2.47. The van der Waals surface area contributed by atoms with E-state index in [9.17, 15) is 0 Å². The highest BCUT2D eigenvalue weighted by Gasteiger charge is 2.34. The van der Waals surface area contributed by atoms with E-state index in [0.717, 1.165) is 18.4 Å². The van der Waals surface area contributed by atoms with E-state index in [-0.39, 0.29) is 0 Å². The molecule has 0 bridgehead atoms. The fourth-order valence-corrected chi connectivity index (χ4v) is 6.09. The molecule has 0 amide bonds. The molecule has 0 spiro atoms. The highest BCUT2D eigenvalue weighted by atomic mass is 32.2. The zero-order chi connectivity index (χ0) is 13.5. The zero-order valence-electron chi connectivity index (χ0n) is 12.2. The Morgan fingerprint density at radius 1 is 1.37 bits per heavy atom. The Labute approximate surface area is 126 Å². The lowest BCUT2D eigenvalue weighted by molar-refractivity contribution is 0.219. The van der Waals surface area contributed by atoms with Crippen LogP contribution in [0.3, 0.4) is 0 Å². The van der Waals surface area contributed by atoms with Gasteiger partial charge in [-0.1, -0.05) is 13.8 Å². The standard InChI is InChI=1S/C15H27NOS2/c1-3-7-16-14(12-6-5-8-17-11-12)15-13(4-2)18-9-10-19-15/h11,13-16H,3-10H2,1-2H3. The smallest absolute Gasteiger partial charge is 0.0876 e. The number of nitrogens with one attached hydrogen (secondary N) is 1. The molecular weight excluding hydrogens is 274 g/mol. The van der Waals surface area contributed by atoms with Gasteiger partial charge in [0.25, 0.3) is 0 Å². The summed E-state index contributed by atoms with van der Waals surface area (Å²) in [6.07, 6.45) is 6.91. The van der Waals surface area contributed by atoms with Gasteiger partial charge >= 0.3 is 0 Å². The maximum absolute atomic E-state index is 5.58. The van der Waals surface area contributed by atoms with Crippen molar-refractivity contribution in [3.05, 3.63) is 11.8 Å². The molecule has 4 heteroatoms. The molecule has 2 rings (SSSR count). The summed E-state index contributed by atoms with van der Waals surface area (Å²) in [4.78, 5) is 0. The molecule has 2 heterocycles. The molecule has 3 unspecified atom stereocenters. The number of thioether (sulfide) groups is 2. The van der Waals surface area contributed by atoms with Crippen LogP contribution >= 0.6 is 23.5 Å². The van der Waals surface area contributed by atoms with Crippen LogP contribution in [0.25, 0.3) is 0 Å². The van der Waals surface area contributed by atoms with Crippen molar-refractivity contribution in [3.63, 3.8) is 0 Å². The molecule has 0 aromatic heterocycles. The zero-order valence-corrected chi connectivity index (χ0v) is 13.8. The van der Waals surface area contributed by atoms with E-state index in [0.29, 0.717) is 11.3 Å². The van der Waals surface area contributed by atoms with Gasteiger partial charge in [-0.2, -0.15) is 23.5 Å². The quantitative estimate of drug-likeness (QED) is 0.807. The predicted octanol–water partition coefficient (Wildman–Crippen LogP) is 3.68. The van der Waals surface area contributed by atoms with Gasteiger partial charge in [-0.3, -0.25) is 0 Å². The Morgan fingerprint density at radius 2 is 2.21 bits per heavy atom. The second-order valence-corrected chi connectivity index (χ2v) is 7.88. The average Bonchev–Trinajstić information content (AvgIpc) is 2.49. The van der Waals surface area contributed by atoms with Crippen molar-refractivity contribution in [3.8, 4) is 0 Å². The summed E-state index contributed by atoms with van der Waals surface area (Å²) in [7, 11) is 0. The molecule has 2 aliphatic heterocycles. The Morgan fingerprint density at radius 3 is 2.89 bits per heavy atom. The van der Waals surface area contributed by atoms with Crippen LogP contribution in [0.4, 0.5) is 0 Å². The van der Waals surface area contributed by atoms with Gasteiger partial charge in [-0.05, 0) is 37.8 Å². The van der Waals surface area contributed by atoms with Gasteiger partial charge in [-0.25, -0.2) is 0 Å². The van der Waals surface area contributed by atoms with Gasteiger partial charge < -0.3 is 10.1 Å². The first kappa shape index (κ1) is 15.6. The Hall–Kier alpha value is 0.200. The third-order valence-electron chi connectivity index (χ3n) is 3.80. The second kappa shape index (κ2) is 8.48. The molecule has 0 saturated carbocycles. The number of hydrogen-bond donors (Lipinski definition) is 1. The Balaban J connectivity index is 2.08. The van der Waals surface area contributed by atoms with Gasteiger partial charge in [0.15, 0.2) is 0 Å². The van der Waals surface area contributed by atoms with Crippen LogP contribution in [0.1, 0.15) is 39.5 Å². The summed E-state index contributed by atoms with van der Waals surface area (Å²) in [6, 6.07) is 0.517. The third-order valence-corrected chi connectivity index (χ3v) is 7.15. The first-order valence-electron chi connectivity index (χ1n) is 7.64. The summed E-state index contributed by atoms with van der Waals surface area (Å²) in [5.41, 5.74) is 1.50. The Bertz CT molecular complexity index is 296. The number of ether oxygens (including phenoxy) is 1. The van der Waals surface area contributed by atoms with Crippen molar-refractivity contribution in [1.82, 2.24) is 5.32 Å². The van der Waals surface area contributed by atoms with Crippen LogP contribution < -0.4 is 5.32 Å². The molecule has 19 heavy (non-hydrogen) atoms. The van der Waals surface area contributed by atoms with Gasteiger partial charge in [0.05, 0.1) is 12.9 Å². The van der Waals surface area contributed by atoms with E-state index in [2.05, 4.69) is 42.7 Å². The molecule has 1 saturated heterocycles.